The third-order valence-corrected chi connectivity index (χ3v) is 1.71. The molecule has 6 nitrogen and oxygen atoms in total. The van der Waals surface area contributed by atoms with E-state index < -0.39 is 0 Å². The molecule has 0 heterocycles. The van der Waals surface area contributed by atoms with Crippen molar-refractivity contribution in [3.8, 4) is 0 Å². The van der Waals surface area contributed by atoms with E-state index in [9.17, 15) is 4.79 Å². The number of nitrogens with zero attached hydrogens (tertiary/aromatic N) is 2. The van der Waals surface area contributed by atoms with Crippen LogP contribution >= 0.6 is 12.4 Å². The fourth-order valence-corrected chi connectivity index (χ4v) is 0.985. The van der Waals surface area contributed by atoms with Crippen molar-refractivity contribution in [2.75, 3.05) is 7.11 Å². The molecule has 1 aromatic rings. The molecule has 0 amide bonds. The molecule has 0 spiro atoms. The van der Waals surface area contributed by atoms with Gasteiger partial charge in [0.2, 0.25) is 5.96 Å². The third-order valence-electron chi connectivity index (χ3n) is 1.71. The lowest BCUT2D eigenvalue weighted by molar-refractivity contribution is 0.0601. The molecule has 7 heteroatoms. The van der Waals surface area contributed by atoms with Crippen LogP contribution in [0.15, 0.2) is 34.5 Å². The second-order valence-electron chi connectivity index (χ2n) is 2.88. The topological polar surface area (TPSA) is 103 Å². The van der Waals surface area contributed by atoms with E-state index in [1.54, 1.807) is 24.3 Å². The molecule has 0 aliphatic rings. The highest BCUT2D eigenvalue weighted by molar-refractivity contribution is 5.90. The van der Waals surface area contributed by atoms with Gasteiger partial charge in [-0.15, -0.1) is 17.5 Å². The number of hydrogen-bond acceptors (Lipinski definition) is 4. The fraction of sp³-hybridized carbons (Fsp3) is 0.100. The van der Waals surface area contributed by atoms with Crippen molar-refractivity contribution in [3.05, 3.63) is 35.4 Å². The van der Waals surface area contributed by atoms with Gasteiger partial charge in [0.05, 0.1) is 18.9 Å². The molecule has 0 aromatic heterocycles. The van der Waals surface area contributed by atoms with Crippen molar-refractivity contribution in [1.29, 1.82) is 0 Å². The fourth-order valence-electron chi connectivity index (χ4n) is 0.985. The van der Waals surface area contributed by atoms with Gasteiger partial charge in [-0.1, -0.05) is 12.1 Å². The van der Waals surface area contributed by atoms with Crippen LogP contribution in [0.1, 0.15) is 15.9 Å². The van der Waals surface area contributed by atoms with Gasteiger partial charge >= 0.3 is 5.97 Å². The van der Waals surface area contributed by atoms with Crippen molar-refractivity contribution >= 4 is 30.6 Å². The van der Waals surface area contributed by atoms with E-state index in [0.717, 1.165) is 5.56 Å². The second-order valence-corrected chi connectivity index (χ2v) is 2.88. The number of guanidine groups is 1. The Morgan fingerprint density at radius 3 is 2.35 bits per heavy atom. The number of carbonyl (C=O) groups is 1. The van der Waals surface area contributed by atoms with E-state index in [1.807, 2.05) is 0 Å². The maximum Gasteiger partial charge on any atom is 0.337 e. The maximum atomic E-state index is 11.1. The monoisotopic (exact) mass is 256 g/mol. The minimum Gasteiger partial charge on any atom is -0.465 e. The minimum absolute atomic E-state index is 0. The number of nitrogens with two attached hydrogens (primary N) is 2. The normalized spacial score (nSPS) is 9.47. The molecular formula is C10H13ClN4O2. The highest BCUT2D eigenvalue weighted by Crippen LogP contribution is 2.03. The molecule has 0 radical (unpaired) electrons. The number of ether oxygens (including phenoxy) is 1. The summed E-state index contributed by atoms with van der Waals surface area (Å²) in [4.78, 5) is 11.1. The summed E-state index contributed by atoms with van der Waals surface area (Å²) in [6.45, 7) is 0. The summed E-state index contributed by atoms with van der Waals surface area (Å²) in [6, 6.07) is 6.67. The number of carbonyl (C=O) groups excluding carboxylic acids is 1. The number of rotatable bonds is 3. The zero-order valence-corrected chi connectivity index (χ0v) is 9.98. The van der Waals surface area contributed by atoms with Gasteiger partial charge in [-0.05, 0) is 17.7 Å². The molecule has 0 saturated carbocycles. The number of esters is 1. The molecule has 0 atom stereocenters. The Balaban J connectivity index is 0.00000256. The van der Waals surface area contributed by atoms with Gasteiger partial charge in [0.25, 0.3) is 0 Å². The van der Waals surface area contributed by atoms with Crippen LogP contribution in [0.5, 0.6) is 0 Å². The Labute approximate surface area is 105 Å². The molecule has 1 aromatic carbocycles. The average molecular weight is 257 g/mol. The lowest BCUT2D eigenvalue weighted by atomic mass is 10.1. The molecule has 0 saturated heterocycles. The predicted octanol–water partition coefficient (Wildman–Crippen LogP) is 0.502. The van der Waals surface area contributed by atoms with Crippen molar-refractivity contribution in [2.24, 2.45) is 21.7 Å². The van der Waals surface area contributed by atoms with Crippen LogP contribution < -0.4 is 11.5 Å². The molecule has 0 bridgehead atoms. The van der Waals surface area contributed by atoms with Crippen LogP contribution in [0.3, 0.4) is 0 Å². The molecule has 17 heavy (non-hydrogen) atoms. The van der Waals surface area contributed by atoms with Crippen LogP contribution in [-0.4, -0.2) is 25.3 Å². The van der Waals surface area contributed by atoms with Gasteiger partial charge in [0.15, 0.2) is 0 Å². The SMILES string of the molecule is COC(=O)c1ccc(/C=N/N=C(N)N)cc1.Cl. The number of halogens is 1. The summed E-state index contributed by atoms with van der Waals surface area (Å²) in [5.74, 6) is -0.491. The molecular weight excluding hydrogens is 244 g/mol. The van der Waals surface area contributed by atoms with Gasteiger partial charge in [-0.2, -0.15) is 5.10 Å². The zero-order chi connectivity index (χ0) is 12.0. The summed E-state index contributed by atoms with van der Waals surface area (Å²) >= 11 is 0. The number of methoxy groups -OCH3 is 1. The molecule has 92 valence electrons. The summed E-state index contributed by atoms with van der Waals surface area (Å²) in [7, 11) is 1.33. The Morgan fingerprint density at radius 2 is 1.88 bits per heavy atom. The van der Waals surface area contributed by atoms with Crippen molar-refractivity contribution in [2.45, 2.75) is 0 Å². The largest absolute Gasteiger partial charge is 0.465 e. The highest BCUT2D eigenvalue weighted by atomic mass is 35.5. The average Bonchev–Trinajstić information content (AvgIpc) is 2.28. The van der Waals surface area contributed by atoms with Gasteiger partial charge in [-0.3, -0.25) is 0 Å². The van der Waals surface area contributed by atoms with Crippen LogP contribution in [0.2, 0.25) is 0 Å². The predicted molar refractivity (Wildman–Crippen MR) is 68.4 cm³/mol. The number of benzene rings is 1. The third kappa shape index (κ3) is 4.98. The Morgan fingerprint density at radius 1 is 1.29 bits per heavy atom. The Kier molecular flexibility index (Phi) is 6.35. The summed E-state index contributed by atoms with van der Waals surface area (Å²) in [5.41, 5.74) is 11.4. The zero-order valence-electron chi connectivity index (χ0n) is 9.16. The van der Waals surface area contributed by atoms with E-state index in [4.69, 9.17) is 11.5 Å². The number of hydrogen-bond donors (Lipinski definition) is 2. The molecule has 0 unspecified atom stereocenters. The smallest absolute Gasteiger partial charge is 0.337 e. The van der Waals surface area contributed by atoms with E-state index in [2.05, 4.69) is 14.9 Å². The lowest BCUT2D eigenvalue weighted by Crippen LogP contribution is -2.21. The first-order valence-electron chi connectivity index (χ1n) is 4.44. The molecule has 0 aliphatic heterocycles. The van der Waals surface area contributed by atoms with Crippen LogP contribution in [-0.2, 0) is 4.74 Å². The highest BCUT2D eigenvalue weighted by Gasteiger charge is 2.02. The van der Waals surface area contributed by atoms with E-state index in [-0.39, 0.29) is 24.3 Å². The maximum absolute atomic E-state index is 11.1. The first-order valence-corrected chi connectivity index (χ1v) is 4.44. The van der Waals surface area contributed by atoms with E-state index in [0.29, 0.717) is 5.56 Å². The second kappa shape index (κ2) is 7.24. The first-order chi connectivity index (χ1) is 7.63. The van der Waals surface area contributed by atoms with E-state index in [1.165, 1.54) is 13.3 Å². The van der Waals surface area contributed by atoms with Crippen LogP contribution in [0.4, 0.5) is 0 Å². The molecule has 0 fully saturated rings. The van der Waals surface area contributed by atoms with E-state index >= 15 is 0 Å². The van der Waals surface area contributed by atoms with Gasteiger partial charge < -0.3 is 16.2 Å². The quantitative estimate of drug-likeness (QED) is 0.356. The summed E-state index contributed by atoms with van der Waals surface area (Å²) < 4.78 is 4.56. The standard InChI is InChI=1S/C10H12N4O2.ClH/c1-16-9(15)8-4-2-7(3-5-8)6-13-14-10(11)12;/h2-6H,1H3,(H4,11,12,14);1H/b13-6+;. The van der Waals surface area contributed by atoms with Crippen molar-refractivity contribution in [3.63, 3.8) is 0 Å². The lowest BCUT2D eigenvalue weighted by Gasteiger charge is -1.98. The summed E-state index contributed by atoms with van der Waals surface area (Å²) in [6.07, 6.45) is 1.47. The van der Waals surface area contributed by atoms with Gasteiger partial charge in [-0.25, -0.2) is 4.79 Å². The van der Waals surface area contributed by atoms with Gasteiger partial charge in [0.1, 0.15) is 0 Å². The Hall–Kier alpha value is -2.08. The Bertz CT molecular complexity index is 424. The van der Waals surface area contributed by atoms with Crippen LogP contribution in [0, 0.1) is 0 Å². The molecule has 1 rings (SSSR count). The van der Waals surface area contributed by atoms with Crippen molar-refractivity contribution in [1.82, 2.24) is 0 Å². The molecule has 4 N–H and O–H groups in total. The minimum atomic E-state index is -0.382. The van der Waals surface area contributed by atoms with Crippen molar-refractivity contribution < 1.29 is 9.53 Å². The summed E-state index contributed by atoms with van der Waals surface area (Å²) in [5, 5.41) is 7.08. The van der Waals surface area contributed by atoms with Crippen LogP contribution in [0.25, 0.3) is 0 Å². The van der Waals surface area contributed by atoms with Gasteiger partial charge in [0, 0.05) is 0 Å². The molecule has 0 aliphatic carbocycles. The first kappa shape index (κ1) is 14.9.